The van der Waals surface area contributed by atoms with Gasteiger partial charge in [0.05, 0.1) is 6.54 Å². The molecular formula is C11H11ClN2. The lowest BCUT2D eigenvalue weighted by molar-refractivity contribution is 0.687. The summed E-state index contributed by atoms with van der Waals surface area (Å²) in [6.07, 6.45) is 3.74. The largest absolute Gasteiger partial charge is 0.268 e. The minimum absolute atomic E-state index is 0.571. The molecule has 2 aromatic rings. The van der Waals surface area contributed by atoms with Crippen LogP contribution in [0.2, 0.25) is 0 Å². The third-order valence-electron chi connectivity index (χ3n) is 2.08. The van der Waals surface area contributed by atoms with Gasteiger partial charge in [-0.2, -0.15) is 5.10 Å². The van der Waals surface area contributed by atoms with E-state index in [1.807, 2.05) is 29.1 Å². The molecule has 1 aromatic heterocycles. The molecule has 72 valence electrons. The summed E-state index contributed by atoms with van der Waals surface area (Å²) in [6, 6.07) is 10.2. The van der Waals surface area contributed by atoms with Crippen LogP contribution in [0.5, 0.6) is 0 Å². The molecule has 0 unspecified atom stereocenters. The summed E-state index contributed by atoms with van der Waals surface area (Å²) < 4.78 is 1.90. The molecule has 0 saturated heterocycles. The van der Waals surface area contributed by atoms with E-state index < -0.39 is 0 Å². The summed E-state index contributed by atoms with van der Waals surface area (Å²) in [4.78, 5) is 0. The van der Waals surface area contributed by atoms with Crippen molar-refractivity contribution in [2.24, 2.45) is 0 Å². The molecule has 0 bridgehead atoms. The molecule has 0 aliphatic rings. The van der Waals surface area contributed by atoms with Crippen LogP contribution in [0.25, 0.3) is 0 Å². The predicted octanol–water partition coefficient (Wildman–Crippen LogP) is 2.67. The van der Waals surface area contributed by atoms with Crippen LogP contribution in [-0.4, -0.2) is 9.78 Å². The van der Waals surface area contributed by atoms with Gasteiger partial charge in [0.25, 0.3) is 0 Å². The van der Waals surface area contributed by atoms with E-state index in [2.05, 4.69) is 17.2 Å². The van der Waals surface area contributed by atoms with Crippen molar-refractivity contribution in [3.05, 3.63) is 53.9 Å². The zero-order valence-electron chi connectivity index (χ0n) is 7.73. The average molecular weight is 207 g/mol. The van der Waals surface area contributed by atoms with Gasteiger partial charge < -0.3 is 0 Å². The van der Waals surface area contributed by atoms with Crippen molar-refractivity contribution in [3.8, 4) is 0 Å². The van der Waals surface area contributed by atoms with Crippen molar-refractivity contribution in [2.45, 2.75) is 12.4 Å². The zero-order chi connectivity index (χ0) is 9.80. The maximum Gasteiger partial charge on any atom is 0.0659 e. The van der Waals surface area contributed by atoms with Crippen molar-refractivity contribution in [1.82, 2.24) is 9.78 Å². The van der Waals surface area contributed by atoms with Crippen molar-refractivity contribution in [3.63, 3.8) is 0 Å². The Bertz CT molecular complexity index is 378. The molecule has 0 aliphatic heterocycles. The minimum Gasteiger partial charge on any atom is -0.268 e. The number of aromatic nitrogens is 2. The summed E-state index contributed by atoms with van der Waals surface area (Å²) >= 11 is 5.70. The molecule has 2 rings (SSSR count). The van der Waals surface area contributed by atoms with Gasteiger partial charge in [0, 0.05) is 18.3 Å². The Morgan fingerprint density at radius 1 is 1.14 bits per heavy atom. The number of hydrogen-bond acceptors (Lipinski definition) is 1. The summed E-state index contributed by atoms with van der Waals surface area (Å²) in [6.45, 7) is 0.815. The van der Waals surface area contributed by atoms with Crippen molar-refractivity contribution in [1.29, 1.82) is 0 Å². The Morgan fingerprint density at radius 3 is 2.43 bits per heavy atom. The first-order chi connectivity index (χ1) is 6.88. The standard InChI is InChI=1S/C11H11ClN2/c12-8-10-2-4-11(5-3-10)9-14-7-1-6-13-14/h1-7H,8-9H2. The van der Waals surface area contributed by atoms with Crippen molar-refractivity contribution >= 4 is 11.6 Å². The molecule has 0 saturated carbocycles. The first kappa shape index (κ1) is 9.28. The highest BCUT2D eigenvalue weighted by molar-refractivity contribution is 6.17. The van der Waals surface area contributed by atoms with Crippen LogP contribution in [0.15, 0.2) is 42.7 Å². The third-order valence-corrected chi connectivity index (χ3v) is 2.39. The van der Waals surface area contributed by atoms with Crippen LogP contribution < -0.4 is 0 Å². The summed E-state index contributed by atoms with van der Waals surface area (Å²) in [7, 11) is 0. The van der Waals surface area contributed by atoms with Gasteiger partial charge >= 0.3 is 0 Å². The second-order valence-corrected chi connectivity index (χ2v) is 3.42. The number of nitrogens with zero attached hydrogens (tertiary/aromatic N) is 2. The van der Waals surface area contributed by atoms with Gasteiger partial charge in [-0.15, -0.1) is 11.6 Å². The van der Waals surface area contributed by atoms with Gasteiger partial charge in [0.2, 0.25) is 0 Å². The lowest BCUT2D eigenvalue weighted by atomic mass is 10.1. The maximum absolute atomic E-state index is 5.70. The van der Waals surface area contributed by atoms with Crippen molar-refractivity contribution in [2.75, 3.05) is 0 Å². The average Bonchev–Trinajstić information content (AvgIpc) is 2.72. The smallest absolute Gasteiger partial charge is 0.0659 e. The van der Waals surface area contributed by atoms with E-state index in [0.29, 0.717) is 5.88 Å². The van der Waals surface area contributed by atoms with Gasteiger partial charge in [-0.25, -0.2) is 0 Å². The Labute approximate surface area is 88.1 Å². The lowest BCUT2D eigenvalue weighted by Gasteiger charge is -2.02. The summed E-state index contributed by atoms with van der Waals surface area (Å²) in [5, 5.41) is 4.14. The number of hydrogen-bond donors (Lipinski definition) is 0. The zero-order valence-corrected chi connectivity index (χ0v) is 8.48. The molecule has 0 amide bonds. The number of halogens is 1. The molecule has 1 heterocycles. The summed E-state index contributed by atoms with van der Waals surface area (Å²) in [5.74, 6) is 0.571. The normalized spacial score (nSPS) is 10.4. The van der Waals surface area contributed by atoms with Crippen LogP contribution in [-0.2, 0) is 12.4 Å². The Kier molecular flexibility index (Phi) is 2.84. The van der Waals surface area contributed by atoms with Crippen molar-refractivity contribution < 1.29 is 0 Å². The molecule has 1 aromatic carbocycles. The lowest BCUT2D eigenvalue weighted by Crippen LogP contribution is -1.99. The predicted molar refractivity (Wildman–Crippen MR) is 57.3 cm³/mol. The number of alkyl halides is 1. The minimum atomic E-state index is 0.571. The van der Waals surface area contributed by atoms with E-state index in [1.165, 1.54) is 5.56 Å². The van der Waals surface area contributed by atoms with E-state index in [1.54, 1.807) is 6.20 Å². The highest BCUT2D eigenvalue weighted by Crippen LogP contribution is 2.07. The van der Waals surface area contributed by atoms with E-state index in [-0.39, 0.29) is 0 Å². The van der Waals surface area contributed by atoms with Gasteiger partial charge in [-0.3, -0.25) is 4.68 Å². The highest BCUT2D eigenvalue weighted by atomic mass is 35.5. The number of rotatable bonds is 3. The molecule has 0 aliphatic carbocycles. The van der Waals surface area contributed by atoms with Crippen LogP contribution in [0.3, 0.4) is 0 Å². The third kappa shape index (κ3) is 2.15. The Balaban J connectivity index is 2.10. The molecule has 0 atom stereocenters. The molecule has 2 nitrogen and oxygen atoms in total. The van der Waals surface area contributed by atoms with Gasteiger partial charge in [-0.05, 0) is 17.2 Å². The van der Waals surface area contributed by atoms with Gasteiger partial charge in [0.1, 0.15) is 0 Å². The van der Waals surface area contributed by atoms with E-state index in [0.717, 1.165) is 12.1 Å². The molecule has 0 fully saturated rings. The molecule has 14 heavy (non-hydrogen) atoms. The first-order valence-electron chi connectivity index (χ1n) is 4.50. The quantitative estimate of drug-likeness (QED) is 0.707. The Hall–Kier alpha value is -1.28. The van der Waals surface area contributed by atoms with E-state index in [9.17, 15) is 0 Å². The fourth-order valence-electron chi connectivity index (χ4n) is 1.31. The molecule has 0 N–H and O–H groups in total. The molecule has 0 radical (unpaired) electrons. The van der Waals surface area contributed by atoms with Crippen LogP contribution >= 0.6 is 11.6 Å². The number of benzene rings is 1. The molecule has 3 heteroatoms. The fourth-order valence-corrected chi connectivity index (χ4v) is 1.49. The van der Waals surface area contributed by atoms with Gasteiger partial charge in [-0.1, -0.05) is 24.3 Å². The van der Waals surface area contributed by atoms with Crippen LogP contribution in [0.1, 0.15) is 11.1 Å². The second kappa shape index (κ2) is 4.29. The Morgan fingerprint density at radius 2 is 1.86 bits per heavy atom. The first-order valence-corrected chi connectivity index (χ1v) is 5.03. The van der Waals surface area contributed by atoms with Crippen LogP contribution in [0.4, 0.5) is 0 Å². The van der Waals surface area contributed by atoms with E-state index in [4.69, 9.17) is 11.6 Å². The fraction of sp³-hybridized carbons (Fsp3) is 0.182. The van der Waals surface area contributed by atoms with E-state index >= 15 is 0 Å². The SMILES string of the molecule is ClCc1ccc(Cn2cccn2)cc1. The second-order valence-electron chi connectivity index (χ2n) is 3.15. The summed E-state index contributed by atoms with van der Waals surface area (Å²) in [5.41, 5.74) is 2.39. The molecule has 0 spiro atoms. The van der Waals surface area contributed by atoms with Crippen LogP contribution in [0, 0.1) is 0 Å². The molecular weight excluding hydrogens is 196 g/mol. The highest BCUT2D eigenvalue weighted by Gasteiger charge is 1.95. The monoisotopic (exact) mass is 206 g/mol. The topological polar surface area (TPSA) is 17.8 Å². The maximum atomic E-state index is 5.70. The van der Waals surface area contributed by atoms with Gasteiger partial charge in [0.15, 0.2) is 0 Å².